The van der Waals surface area contributed by atoms with E-state index in [4.69, 9.17) is 4.74 Å². The summed E-state index contributed by atoms with van der Waals surface area (Å²) in [5.74, 6) is 5.66. The third-order valence-electron chi connectivity index (χ3n) is 1.20. The van der Waals surface area contributed by atoms with Crippen molar-refractivity contribution in [2.24, 2.45) is 0 Å². The molecule has 1 amide bonds. The van der Waals surface area contributed by atoms with E-state index in [0.717, 1.165) is 6.54 Å². The lowest BCUT2D eigenvalue weighted by atomic mass is 10.5. The number of quaternary nitrogens is 1. The van der Waals surface area contributed by atoms with E-state index >= 15 is 0 Å². The Morgan fingerprint density at radius 3 is 2.36 bits per heavy atom. The number of halogens is 1. The molecule has 0 bridgehead atoms. The van der Waals surface area contributed by atoms with Gasteiger partial charge in [0.1, 0.15) is 6.54 Å². The minimum absolute atomic E-state index is 0. The van der Waals surface area contributed by atoms with Crippen LogP contribution < -0.4 is 17.3 Å². The molecule has 0 atom stereocenters. The zero-order valence-corrected chi connectivity index (χ0v) is 9.81. The summed E-state index contributed by atoms with van der Waals surface area (Å²) in [7, 11) is 7.31. The van der Waals surface area contributed by atoms with Crippen molar-refractivity contribution in [3.63, 3.8) is 0 Å². The largest absolute Gasteiger partial charge is 1.00 e. The summed E-state index contributed by atoms with van der Waals surface area (Å²) in [5, 5.41) is 0. The first-order valence-electron chi connectivity index (χ1n) is 4.13. The van der Waals surface area contributed by atoms with Crippen LogP contribution in [0.5, 0.6) is 0 Å². The Kier molecular flexibility index (Phi) is 9.63. The molecule has 0 heterocycles. The van der Waals surface area contributed by atoms with Gasteiger partial charge >= 0.3 is 6.09 Å². The fourth-order valence-corrected chi connectivity index (χ4v) is 0.517. The molecule has 0 aliphatic rings. The quantitative estimate of drug-likeness (QED) is 0.480. The Morgan fingerprint density at radius 2 is 1.93 bits per heavy atom. The molecule has 0 radical (unpaired) electrons. The maximum atomic E-state index is 10.9. The lowest BCUT2D eigenvalue weighted by Crippen LogP contribution is -3.05. The zero-order valence-electron chi connectivity index (χ0n) is 9.06. The number of carbonyl (C=O) groups is 1. The molecule has 0 aromatic rings. The van der Waals surface area contributed by atoms with Gasteiger partial charge < -0.3 is 26.9 Å². The average Bonchev–Trinajstić information content (AvgIpc) is 2.02. The summed E-state index contributed by atoms with van der Waals surface area (Å²) in [6.07, 6.45) is -0.355. The van der Waals surface area contributed by atoms with E-state index in [2.05, 4.69) is 11.8 Å². The van der Waals surface area contributed by atoms with Crippen LogP contribution in [0, 0.1) is 11.8 Å². The van der Waals surface area contributed by atoms with Crippen molar-refractivity contribution in [3.05, 3.63) is 0 Å². The number of hydrogen-bond acceptors (Lipinski definition) is 2. The number of amides is 1. The Hall–Kier alpha value is -0.920. The van der Waals surface area contributed by atoms with Crippen LogP contribution in [0.2, 0.25) is 0 Å². The van der Waals surface area contributed by atoms with Gasteiger partial charge in [-0.3, -0.25) is 0 Å². The maximum Gasteiger partial charge on any atom is 0.410 e. The van der Waals surface area contributed by atoms with Crippen LogP contribution in [0.1, 0.15) is 0 Å². The van der Waals surface area contributed by atoms with E-state index in [1.54, 1.807) is 14.1 Å². The molecule has 14 heavy (non-hydrogen) atoms. The molecule has 0 aromatic carbocycles. The molecule has 0 unspecified atom stereocenters. The van der Waals surface area contributed by atoms with Crippen LogP contribution in [0.3, 0.4) is 0 Å². The van der Waals surface area contributed by atoms with Gasteiger partial charge in [0.05, 0.1) is 14.1 Å². The predicted molar refractivity (Wildman–Crippen MR) is 50.5 cm³/mol. The number of ether oxygens (including phenoxy) is 1. The van der Waals surface area contributed by atoms with Gasteiger partial charge in [-0.05, 0) is 5.92 Å². The van der Waals surface area contributed by atoms with Gasteiger partial charge in [-0.2, -0.15) is 0 Å². The third kappa shape index (κ3) is 9.17. The monoisotopic (exact) mass is 220 g/mol. The first kappa shape index (κ1) is 15.5. The number of nitrogens with one attached hydrogen (secondary N) is 1. The minimum atomic E-state index is -0.355. The summed E-state index contributed by atoms with van der Waals surface area (Å²) in [6, 6.07) is 0. The summed E-state index contributed by atoms with van der Waals surface area (Å²) in [5.41, 5.74) is 0. The fraction of sp³-hybridized carbons (Fsp3) is 0.667. The minimum Gasteiger partial charge on any atom is -1.00 e. The van der Waals surface area contributed by atoms with Crippen molar-refractivity contribution in [1.29, 1.82) is 0 Å². The topological polar surface area (TPSA) is 34.0 Å². The molecule has 5 heteroatoms. The maximum absolute atomic E-state index is 10.9. The van der Waals surface area contributed by atoms with E-state index < -0.39 is 0 Å². The van der Waals surface area contributed by atoms with E-state index in [9.17, 15) is 4.79 Å². The number of rotatable bonds is 2. The summed E-state index contributed by atoms with van der Waals surface area (Å²) >= 11 is 0. The summed E-state index contributed by atoms with van der Waals surface area (Å²) in [6.45, 7) is 0.934. The van der Waals surface area contributed by atoms with Gasteiger partial charge in [0.2, 0.25) is 0 Å². The second-order valence-corrected chi connectivity index (χ2v) is 3.19. The molecule has 0 aliphatic carbocycles. The predicted octanol–water partition coefficient (Wildman–Crippen LogP) is -4.16. The Bertz CT molecular complexity index is 219. The lowest BCUT2D eigenvalue weighted by Gasteiger charge is -2.07. The molecular weight excluding hydrogens is 204 g/mol. The second-order valence-electron chi connectivity index (χ2n) is 3.19. The SMILES string of the molecule is CN(C)C(=O)OCC#CC[NH+](C)C.[Cl-]. The van der Waals surface area contributed by atoms with E-state index in [1.165, 1.54) is 9.80 Å². The average molecular weight is 221 g/mol. The lowest BCUT2D eigenvalue weighted by molar-refractivity contribution is -0.850. The van der Waals surface area contributed by atoms with Crippen LogP contribution in [0.4, 0.5) is 4.79 Å². The Labute approximate surface area is 91.6 Å². The number of hydrogen-bond donors (Lipinski definition) is 1. The highest BCUT2D eigenvalue weighted by Gasteiger charge is 2.01. The molecule has 4 nitrogen and oxygen atoms in total. The van der Waals surface area contributed by atoms with Gasteiger partial charge in [0.15, 0.2) is 6.61 Å². The Balaban J connectivity index is 0. The van der Waals surface area contributed by atoms with Crippen molar-refractivity contribution in [3.8, 4) is 11.8 Å². The zero-order chi connectivity index (χ0) is 10.3. The molecule has 1 N–H and O–H groups in total. The smallest absolute Gasteiger partial charge is 0.410 e. The highest BCUT2D eigenvalue weighted by Crippen LogP contribution is 1.83. The van der Waals surface area contributed by atoms with Crippen LogP contribution in [0.25, 0.3) is 0 Å². The van der Waals surface area contributed by atoms with Gasteiger partial charge in [0, 0.05) is 14.1 Å². The molecular formula is C9H17ClN2O2. The van der Waals surface area contributed by atoms with Crippen molar-refractivity contribution in [2.45, 2.75) is 0 Å². The summed E-state index contributed by atoms with van der Waals surface area (Å²) in [4.78, 5) is 13.5. The van der Waals surface area contributed by atoms with Gasteiger partial charge in [-0.15, -0.1) is 0 Å². The van der Waals surface area contributed by atoms with Gasteiger partial charge in [-0.1, -0.05) is 5.92 Å². The van der Waals surface area contributed by atoms with Crippen molar-refractivity contribution < 1.29 is 26.8 Å². The highest BCUT2D eigenvalue weighted by molar-refractivity contribution is 5.66. The highest BCUT2D eigenvalue weighted by atomic mass is 35.5. The fourth-order valence-electron chi connectivity index (χ4n) is 0.517. The molecule has 0 fully saturated rings. The molecule has 0 rings (SSSR count). The van der Waals surface area contributed by atoms with Gasteiger partial charge in [0.25, 0.3) is 0 Å². The third-order valence-corrected chi connectivity index (χ3v) is 1.20. The second kappa shape index (κ2) is 8.67. The molecule has 0 aliphatic heterocycles. The molecule has 0 aromatic heterocycles. The van der Waals surface area contributed by atoms with Crippen LogP contribution in [0.15, 0.2) is 0 Å². The first-order valence-corrected chi connectivity index (χ1v) is 4.13. The van der Waals surface area contributed by atoms with Crippen LogP contribution >= 0.6 is 0 Å². The number of carbonyl (C=O) groups excluding carboxylic acids is 1. The van der Waals surface area contributed by atoms with Crippen molar-refractivity contribution in [1.82, 2.24) is 4.90 Å². The van der Waals surface area contributed by atoms with E-state index in [-0.39, 0.29) is 25.1 Å². The molecule has 82 valence electrons. The standard InChI is InChI=1S/C9H16N2O2.ClH/c1-10(2)7-5-6-8-13-9(12)11(3)4;/h7-8H2,1-4H3;1H. The van der Waals surface area contributed by atoms with E-state index in [0.29, 0.717) is 0 Å². The Morgan fingerprint density at radius 1 is 1.36 bits per heavy atom. The van der Waals surface area contributed by atoms with Crippen molar-refractivity contribution in [2.75, 3.05) is 41.3 Å². The molecule has 0 saturated carbocycles. The summed E-state index contributed by atoms with van der Waals surface area (Å²) < 4.78 is 4.79. The normalized spacial score (nSPS) is 8.36. The van der Waals surface area contributed by atoms with Crippen LogP contribution in [-0.4, -0.2) is 52.3 Å². The van der Waals surface area contributed by atoms with Crippen LogP contribution in [-0.2, 0) is 4.74 Å². The first-order chi connectivity index (χ1) is 6.04. The van der Waals surface area contributed by atoms with Crippen molar-refractivity contribution >= 4 is 6.09 Å². The number of nitrogens with zero attached hydrogens (tertiary/aromatic N) is 1. The van der Waals surface area contributed by atoms with Gasteiger partial charge in [-0.25, -0.2) is 4.79 Å². The van der Waals surface area contributed by atoms with E-state index in [1.807, 2.05) is 14.1 Å². The molecule has 0 spiro atoms. The molecule has 0 saturated heterocycles.